The van der Waals surface area contributed by atoms with Crippen molar-refractivity contribution < 1.29 is 0 Å². The van der Waals surface area contributed by atoms with Gasteiger partial charge in [0, 0.05) is 24.5 Å². The average molecular weight is 336 g/mol. The van der Waals surface area contributed by atoms with Crippen LogP contribution in [0.1, 0.15) is 34.6 Å². The molecule has 0 saturated heterocycles. The van der Waals surface area contributed by atoms with Crippen LogP contribution in [-0.4, -0.2) is 48.6 Å². The predicted octanol–water partition coefficient (Wildman–Crippen LogP) is 0.864. The number of nitriles is 3. The SMILES string of the molecule is CC.CC(C)N(CC#N)C(C)C#N.CN(CC#N)C/C(N)=C/NN. The number of nitrogens with two attached hydrogens (primary N) is 2. The largest absolute Gasteiger partial charge is 0.400 e. The molecule has 0 amide bonds. The fraction of sp³-hybridized carbons (Fsp3) is 0.688. The summed E-state index contributed by atoms with van der Waals surface area (Å²) < 4.78 is 0. The monoisotopic (exact) mass is 336 g/mol. The first-order chi connectivity index (χ1) is 11.3. The highest BCUT2D eigenvalue weighted by Gasteiger charge is 2.15. The lowest BCUT2D eigenvalue weighted by molar-refractivity contribution is 0.221. The Kier molecular flexibility index (Phi) is 20.8. The van der Waals surface area contributed by atoms with Crippen LogP contribution in [0.3, 0.4) is 0 Å². The van der Waals surface area contributed by atoms with E-state index in [1.54, 1.807) is 18.9 Å². The molecule has 0 aliphatic carbocycles. The Morgan fingerprint density at radius 3 is 1.96 bits per heavy atom. The summed E-state index contributed by atoms with van der Waals surface area (Å²) in [6, 6.07) is 6.23. The van der Waals surface area contributed by atoms with E-state index in [0.717, 1.165) is 0 Å². The molecule has 1 atom stereocenters. The zero-order chi connectivity index (χ0) is 19.5. The number of hydrazine groups is 1. The highest BCUT2D eigenvalue weighted by Crippen LogP contribution is 2.02. The normalized spacial score (nSPS) is 11.2. The van der Waals surface area contributed by atoms with Gasteiger partial charge in [0.15, 0.2) is 0 Å². The molecular weight excluding hydrogens is 304 g/mol. The van der Waals surface area contributed by atoms with Gasteiger partial charge in [0.05, 0.1) is 37.3 Å². The van der Waals surface area contributed by atoms with Crippen LogP contribution in [0.25, 0.3) is 0 Å². The van der Waals surface area contributed by atoms with Crippen LogP contribution in [0.15, 0.2) is 11.9 Å². The van der Waals surface area contributed by atoms with E-state index in [2.05, 4.69) is 11.5 Å². The Balaban J connectivity index is -0.000000333. The van der Waals surface area contributed by atoms with Crippen molar-refractivity contribution in [2.45, 2.75) is 46.7 Å². The molecule has 8 nitrogen and oxygen atoms in total. The van der Waals surface area contributed by atoms with E-state index in [1.807, 2.05) is 44.7 Å². The molecule has 24 heavy (non-hydrogen) atoms. The third-order valence-corrected chi connectivity index (χ3v) is 2.66. The summed E-state index contributed by atoms with van der Waals surface area (Å²) in [7, 11) is 1.81. The zero-order valence-corrected chi connectivity index (χ0v) is 15.7. The van der Waals surface area contributed by atoms with Gasteiger partial charge in [-0.1, -0.05) is 13.8 Å². The molecule has 136 valence electrons. The Morgan fingerprint density at radius 1 is 1.12 bits per heavy atom. The van der Waals surface area contributed by atoms with E-state index >= 15 is 0 Å². The maximum Gasteiger partial charge on any atom is 0.0959 e. The van der Waals surface area contributed by atoms with Crippen molar-refractivity contribution in [2.75, 3.05) is 26.7 Å². The molecule has 1 unspecified atom stereocenters. The molecule has 0 bridgehead atoms. The number of nitrogens with zero attached hydrogens (tertiary/aromatic N) is 5. The summed E-state index contributed by atoms with van der Waals surface area (Å²) in [6.07, 6.45) is 1.49. The van der Waals surface area contributed by atoms with Gasteiger partial charge >= 0.3 is 0 Å². The van der Waals surface area contributed by atoms with Gasteiger partial charge in [-0.05, 0) is 27.8 Å². The summed E-state index contributed by atoms with van der Waals surface area (Å²) in [5.74, 6) is 4.99. The Labute approximate surface area is 146 Å². The number of rotatable bonds is 7. The fourth-order valence-corrected chi connectivity index (χ4v) is 1.56. The molecule has 0 saturated carbocycles. The minimum Gasteiger partial charge on any atom is -0.400 e. The van der Waals surface area contributed by atoms with Crippen molar-refractivity contribution in [3.05, 3.63) is 11.9 Å². The van der Waals surface area contributed by atoms with Gasteiger partial charge < -0.3 is 11.2 Å². The van der Waals surface area contributed by atoms with Crippen molar-refractivity contribution in [3.8, 4) is 18.2 Å². The number of hydrogen-bond acceptors (Lipinski definition) is 8. The number of likely N-dealkylation sites (N-methyl/N-ethyl adjacent to an activating group) is 1. The predicted molar refractivity (Wildman–Crippen MR) is 96.6 cm³/mol. The Hall–Kier alpha value is -2.31. The third-order valence-electron chi connectivity index (χ3n) is 2.66. The van der Waals surface area contributed by atoms with Crippen LogP contribution in [0, 0.1) is 34.0 Å². The van der Waals surface area contributed by atoms with Crippen LogP contribution in [0.4, 0.5) is 0 Å². The minimum absolute atomic E-state index is 0.172. The smallest absolute Gasteiger partial charge is 0.0959 e. The maximum atomic E-state index is 8.58. The van der Waals surface area contributed by atoms with Gasteiger partial charge in [-0.2, -0.15) is 15.8 Å². The zero-order valence-electron chi connectivity index (χ0n) is 15.7. The van der Waals surface area contributed by atoms with Crippen LogP contribution in [0.5, 0.6) is 0 Å². The van der Waals surface area contributed by atoms with Crippen LogP contribution >= 0.6 is 0 Å². The van der Waals surface area contributed by atoms with E-state index in [9.17, 15) is 0 Å². The van der Waals surface area contributed by atoms with Gasteiger partial charge in [0.25, 0.3) is 0 Å². The lowest BCUT2D eigenvalue weighted by atomic mass is 10.2. The first-order valence-electron chi connectivity index (χ1n) is 7.82. The lowest BCUT2D eigenvalue weighted by Gasteiger charge is -2.25. The second-order valence-corrected chi connectivity index (χ2v) is 4.95. The van der Waals surface area contributed by atoms with Crippen molar-refractivity contribution in [1.29, 1.82) is 15.8 Å². The molecule has 0 aromatic rings. The first-order valence-corrected chi connectivity index (χ1v) is 7.82. The average Bonchev–Trinajstić information content (AvgIpc) is 2.54. The van der Waals surface area contributed by atoms with Gasteiger partial charge in [-0.15, -0.1) is 0 Å². The lowest BCUT2D eigenvalue weighted by Crippen LogP contribution is -2.38. The molecule has 0 heterocycles. The quantitative estimate of drug-likeness (QED) is 0.353. The standard InChI is InChI=1S/C8H13N3.C6H13N5.C2H6/c1-7(2)11(5-4-9)8(3)6-10;1-11(3-2-7)5-6(8)4-10-9;1-2/h7-8H,5H2,1-3H3;4,10H,3,5,8-9H2,1H3;1-2H3/b;6-4-;. The van der Waals surface area contributed by atoms with E-state index in [4.69, 9.17) is 27.4 Å². The molecule has 0 aromatic heterocycles. The van der Waals surface area contributed by atoms with Crippen LogP contribution in [-0.2, 0) is 0 Å². The summed E-state index contributed by atoms with van der Waals surface area (Å²) in [5.41, 5.74) is 8.40. The van der Waals surface area contributed by atoms with E-state index < -0.39 is 0 Å². The highest BCUT2D eigenvalue weighted by atomic mass is 15.2. The highest BCUT2D eigenvalue weighted by molar-refractivity contribution is 4.97. The third kappa shape index (κ3) is 16.1. The van der Waals surface area contributed by atoms with E-state index in [-0.39, 0.29) is 12.1 Å². The molecule has 0 aliphatic rings. The van der Waals surface area contributed by atoms with Crippen LogP contribution in [0.2, 0.25) is 0 Å². The van der Waals surface area contributed by atoms with Crippen molar-refractivity contribution >= 4 is 0 Å². The molecule has 0 radical (unpaired) electrons. The fourth-order valence-electron chi connectivity index (χ4n) is 1.56. The molecule has 5 N–H and O–H groups in total. The molecular formula is C16H32N8. The first kappa shape index (κ1) is 26.6. The Morgan fingerprint density at radius 2 is 1.62 bits per heavy atom. The number of hydrogen-bond donors (Lipinski definition) is 3. The minimum atomic E-state index is -0.172. The van der Waals surface area contributed by atoms with Gasteiger partial charge in [-0.3, -0.25) is 15.6 Å². The molecule has 0 aromatic carbocycles. The van der Waals surface area contributed by atoms with Crippen molar-refractivity contribution in [3.63, 3.8) is 0 Å². The second-order valence-electron chi connectivity index (χ2n) is 4.95. The summed E-state index contributed by atoms with van der Waals surface area (Å²) >= 11 is 0. The summed E-state index contributed by atoms with van der Waals surface area (Å²) in [5, 5.41) is 25.3. The Bertz CT molecular complexity index is 438. The van der Waals surface area contributed by atoms with Gasteiger partial charge in [0.2, 0.25) is 0 Å². The molecule has 0 fully saturated rings. The number of nitrogens with one attached hydrogen (secondary N) is 1. The van der Waals surface area contributed by atoms with Crippen molar-refractivity contribution in [1.82, 2.24) is 15.2 Å². The van der Waals surface area contributed by atoms with Gasteiger partial charge in [-0.25, -0.2) is 0 Å². The van der Waals surface area contributed by atoms with E-state index in [1.165, 1.54) is 6.20 Å². The molecule has 0 aliphatic heterocycles. The molecule has 0 rings (SSSR count). The van der Waals surface area contributed by atoms with Gasteiger partial charge in [0.1, 0.15) is 0 Å². The maximum absolute atomic E-state index is 8.58. The molecule has 8 heteroatoms. The van der Waals surface area contributed by atoms with Crippen molar-refractivity contribution in [2.24, 2.45) is 11.6 Å². The topological polar surface area (TPSA) is 142 Å². The second kappa shape index (κ2) is 18.7. The summed E-state index contributed by atoms with van der Waals surface area (Å²) in [6.45, 7) is 11.0. The summed E-state index contributed by atoms with van der Waals surface area (Å²) in [4.78, 5) is 3.63. The molecule has 0 spiro atoms. The van der Waals surface area contributed by atoms with Crippen LogP contribution < -0.4 is 17.0 Å². The van der Waals surface area contributed by atoms with E-state index in [0.29, 0.717) is 25.3 Å².